The van der Waals surface area contributed by atoms with Crippen LogP contribution in [0, 0.1) is 0 Å². The summed E-state index contributed by atoms with van der Waals surface area (Å²) in [5.41, 5.74) is 2.74. The Morgan fingerprint density at radius 3 is 1.64 bits per heavy atom. The van der Waals surface area contributed by atoms with E-state index < -0.39 is 24.0 Å². The largest absolute Gasteiger partial charge is 0.489 e. The van der Waals surface area contributed by atoms with E-state index in [9.17, 15) is 14.4 Å². The molecule has 45 heavy (non-hydrogen) atoms. The van der Waals surface area contributed by atoms with Crippen LogP contribution in [0.5, 0.6) is 23.0 Å². The van der Waals surface area contributed by atoms with Crippen LogP contribution in [0.1, 0.15) is 23.1 Å². The van der Waals surface area contributed by atoms with Gasteiger partial charge in [-0.15, -0.1) is 0 Å². The molecule has 1 saturated heterocycles. The minimum atomic E-state index is -0.699. The van der Waals surface area contributed by atoms with E-state index in [-0.39, 0.29) is 5.57 Å². The fourth-order valence-corrected chi connectivity index (χ4v) is 4.85. The Morgan fingerprint density at radius 1 is 0.578 bits per heavy atom. The number of rotatable bonds is 10. The summed E-state index contributed by atoms with van der Waals surface area (Å²) in [5, 5.41) is 0. The normalized spacial score (nSPS) is 14.0. The van der Waals surface area contributed by atoms with Crippen molar-refractivity contribution in [2.75, 3.05) is 4.90 Å². The number of ketones is 1. The quantitative estimate of drug-likeness (QED) is 0.0718. The SMILES string of the molecule is O=C1CC(=O)N(c2ccc(Oc3ccccc3)cc2)C(=O)C1=Cc1cc(OCc2ccccc2)cc(OCc2ccccc2)c1. The molecule has 7 heteroatoms. The van der Waals surface area contributed by atoms with Gasteiger partial charge in [-0.3, -0.25) is 14.4 Å². The summed E-state index contributed by atoms with van der Waals surface area (Å²) in [7, 11) is 0. The zero-order valence-corrected chi connectivity index (χ0v) is 24.3. The molecule has 2 amide bonds. The van der Waals surface area contributed by atoms with Gasteiger partial charge in [0.25, 0.3) is 5.91 Å². The molecule has 1 aliphatic heterocycles. The molecule has 1 aliphatic rings. The average molecular weight is 596 g/mol. The summed E-state index contributed by atoms with van der Waals surface area (Å²) in [6.45, 7) is 0.645. The molecular weight excluding hydrogens is 566 g/mol. The second kappa shape index (κ2) is 13.6. The molecule has 6 rings (SSSR count). The highest BCUT2D eigenvalue weighted by atomic mass is 16.5. The molecule has 0 unspecified atom stereocenters. The Balaban J connectivity index is 1.26. The van der Waals surface area contributed by atoms with Gasteiger partial charge in [0.1, 0.15) is 36.2 Å². The number of hydrogen-bond donors (Lipinski definition) is 0. The molecule has 0 saturated carbocycles. The first-order chi connectivity index (χ1) is 22.0. The van der Waals surface area contributed by atoms with E-state index in [1.165, 1.54) is 6.08 Å². The minimum Gasteiger partial charge on any atom is -0.489 e. The van der Waals surface area contributed by atoms with Crippen LogP contribution in [0.4, 0.5) is 5.69 Å². The molecular formula is C38H29NO6. The maximum Gasteiger partial charge on any atom is 0.268 e. The van der Waals surface area contributed by atoms with E-state index in [1.54, 1.807) is 42.5 Å². The maximum atomic E-state index is 13.6. The molecule has 7 nitrogen and oxygen atoms in total. The second-order valence-corrected chi connectivity index (χ2v) is 10.4. The Bertz CT molecular complexity index is 1770. The maximum absolute atomic E-state index is 13.6. The summed E-state index contributed by atoms with van der Waals surface area (Å²) in [4.78, 5) is 40.6. The second-order valence-electron chi connectivity index (χ2n) is 10.4. The molecule has 0 radical (unpaired) electrons. The number of para-hydroxylation sites is 1. The molecule has 0 spiro atoms. The van der Waals surface area contributed by atoms with Crippen LogP contribution >= 0.6 is 0 Å². The number of Topliss-reactive ketones (excluding diaryl/α,β-unsaturated/α-hetero) is 1. The highest BCUT2D eigenvalue weighted by Crippen LogP contribution is 2.31. The van der Waals surface area contributed by atoms with E-state index >= 15 is 0 Å². The molecule has 0 atom stereocenters. The van der Waals surface area contributed by atoms with Crippen molar-refractivity contribution in [3.8, 4) is 23.0 Å². The molecule has 5 aromatic carbocycles. The average Bonchev–Trinajstić information content (AvgIpc) is 3.07. The van der Waals surface area contributed by atoms with Crippen LogP contribution in [0.2, 0.25) is 0 Å². The molecule has 0 aliphatic carbocycles. The number of carbonyl (C=O) groups is 3. The number of ether oxygens (including phenoxy) is 3. The Morgan fingerprint density at radius 2 is 1.09 bits per heavy atom. The summed E-state index contributed by atoms with van der Waals surface area (Å²) < 4.78 is 18.0. The number of piperidine rings is 1. The standard InChI is InChI=1S/C38H29NO6/c40-36-24-37(41)39(30-16-18-32(19-17-30)45-31-14-8-3-9-15-31)38(42)35(36)22-29-20-33(43-25-27-10-4-1-5-11-27)23-34(21-29)44-26-28-12-6-2-7-13-28/h1-23H,24-26H2. The third-order valence-electron chi connectivity index (χ3n) is 7.08. The van der Waals surface area contributed by atoms with Gasteiger partial charge in [-0.05, 0) is 71.3 Å². The number of nitrogens with zero attached hydrogens (tertiary/aromatic N) is 1. The smallest absolute Gasteiger partial charge is 0.268 e. The van der Waals surface area contributed by atoms with Gasteiger partial charge in [-0.1, -0.05) is 78.9 Å². The van der Waals surface area contributed by atoms with Crippen molar-refractivity contribution in [2.24, 2.45) is 0 Å². The Kier molecular flexibility index (Phi) is 8.78. The Hall–Kier alpha value is -5.95. The lowest BCUT2D eigenvalue weighted by Crippen LogP contribution is -2.45. The van der Waals surface area contributed by atoms with Gasteiger partial charge < -0.3 is 14.2 Å². The first-order valence-electron chi connectivity index (χ1n) is 14.5. The topological polar surface area (TPSA) is 82.1 Å². The number of carbonyl (C=O) groups excluding carboxylic acids is 3. The zero-order chi connectivity index (χ0) is 31.0. The van der Waals surface area contributed by atoms with Crippen LogP contribution in [-0.4, -0.2) is 17.6 Å². The number of benzene rings is 5. The van der Waals surface area contributed by atoms with E-state index in [0.29, 0.717) is 47.5 Å². The van der Waals surface area contributed by atoms with Gasteiger partial charge in [-0.25, -0.2) is 4.90 Å². The summed E-state index contributed by atoms with van der Waals surface area (Å²) in [5.74, 6) is 0.383. The molecule has 1 heterocycles. The summed E-state index contributed by atoms with van der Waals surface area (Å²) in [6.07, 6.45) is 1.06. The number of hydrogen-bond acceptors (Lipinski definition) is 6. The van der Waals surface area contributed by atoms with Crippen molar-refractivity contribution in [1.82, 2.24) is 0 Å². The number of imide groups is 1. The third kappa shape index (κ3) is 7.35. The zero-order valence-electron chi connectivity index (χ0n) is 24.3. The fourth-order valence-electron chi connectivity index (χ4n) is 4.85. The van der Waals surface area contributed by atoms with Crippen LogP contribution in [0.3, 0.4) is 0 Å². The predicted molar refractivity (Wildman–Crippen MR) is 171 cm³/mol. The van der Waals surface area contributed by atoms with Gasteiger partial charge in [0, 0.05) is 6.07 Å². The van der Waals surface area contributed by atoms with Crippen molar-refractivity contribution in [2.45, 2.75) is 19.6 Å². The fraction of sp³-hybridized carbons (Fsp3) is 0.0789. The molecule has 0 aromatic heterocycles. The van der Waals surface area contributed by atoms with Crippen molar-refractivity contribution in [3.05, 3.63) is 156 Å². The van der Waals surface area contributed by atoms with E-state index in [0.717, 1.165) is 16.0 Å². The van der Waals surface area contributed by atoms with Crippen LogP contribution in [0.15, 0.2) is 139 Å². The number of amides is 2. The van der Waals surface area contributed by atoms with Gasteiger partial charge in [0.05, 0.1) is 17.7 Å². The monoisotopic (exact) mass is 595 g/mol. The molecule has 222 valence electrons. The lowest BCUT2D eigenvalue weighted by molar-refractivity contribution is -0.131. The van der Waals surface area contributed by atoms with Crippen molar-refractivity contribution < 1.29 is 28.6 Å². The lowest BCUT2D eigenvalue weighted by atomic mass is 9.98. The van der Waals surface area contributed by atoms with Gasteiger partial charge in [0.15, 0.2) is 5.78 Å². The van der Waals surface area contributed by atoms with Crippen LogP contribution < -0.4 is 19.1 Å². The molecule has 1 fully saturated rings. The van der Waals surface area contributed by atoms with Gasteiger partial charge in [-0.2, -0.15) is 0 Å². The molecule has 0 bridgehead atoms. The predicted octanol–water partition coefficient (Wildman–Crippen LogP) is 7.55. The van der Waals surface area contributed by atoms with E-state index in [4.69, 9.17) is 14.2 Å². The first-order valence-corrected chi connectivity index (χ1v) is 14.5. The molecule has 5 aromatic rings. The van der Waals surface area contributed by atoms with Crippen molar-refractivity contribution in [1.29, 1.82) is 0 Å². The highest BCUT2D eigenvalue weighted by Gasteiger charge is 2.37. The first kappa shape index (κ1) is 29.1. The minimum absolute atomic E-state index is 0.103. The Labute approximate surface area is 260 Å². The van der Waals surface area contributed by atoms with Crippen molar-refractivity contribution >= 4 is 29.4 Å². The van der Waals surface area contributed by atoms with E-state index in [2.05, 4.69) is 0 Å². The summed E-state index contributed by atoms with van der Waals surface area (Å²) in [6, 6.07) is 40.6. The van der Waals surface area contributed by atoms with Crippen LogP contribution in [-0.2, 0) is 27.6 Å². The van der Waals surface area contributed by atoms with Crippen molar-refractivity contribution in [3.63, 3.8) is 0 Å². The van der Waals surface area contributed by atoms with Gasteiger partial charge in [0.2, 0.25) is 5.91 Å². The third-order valence-corrected chi connectivity index (χ3v) is 7.08. The molecule has 0 N–H and O–H groups in total. The lowest BCUT2D eigenvalue weighted by Gasteiger charge is -2.26. The van der Waals surface area contributed by atoms with E-state index in [1.807, 2.05) is 91.0 Å². The van der Waals surface area contributed by atoms with Crippen LogP contribution in [0.25, 0.3) is 6.08 Å². The summed E-state index contributed by atoms with van der Waals surface area (Å²) >= 11 is 0. The highest BCUT2D eigenvalue weighted by molar-refractivity contribution is 6.40. The number of anilines is 1. The van der Waals surface area contributed by atoms with Gasteiger partial charge >= 0.3 is 0 Å².